The van der Waals surface area contributed by atoms with Gasteiger partial charge in [-0.25, -0.2) is 0 Å². The van der Waals surface area contributed by atoms with Crippen molar-refractivity contribution in [1.29, 1.82) is 0 Å². The summed E-state index contributed by atoms with van der Waals surface area (Å²) in [4.78, 5) is 12.3. The van der Waals surface area contributed by atoms with E-state index in [1.807, 2.05) is 0 Å². The summed E-state index contributed by atoms with van der Waals surface area (Å²) in [7, 11) is 4.79. The Morgan fingerprint density at radius 2 is 1.91 bits per heavy atom. The van der Waals surface area contributed by atoms with Crippen LogP contribution in [0.4, 0.5) is 0 Å². The highest BCUT2D eigenvalue weighted by molar-refractivity contribution is 5.72. The molecule has 4 heteroatoms. The number of amides is 1. The molecule has 0 aromatic carbocycles. The predicted octanol–water partition coefficient (Wildman–Crippen LogP) is 0.0836. The van der Waals surface area contributed by atoms with Gasteiger partial charge in [0.05, 0.1) is 6.54 Å². The third-order valence-electron chi connectivity index (χ3n) is 1.49. The molecule has 0 radical (unpaired) electrons. The van der Waals surface area contributed by atoms with Crippen molar-refractivity contribution in [2.24, 2.45) is 0 Å². The number of hydrogen-bond acceptors (Lipinski definition) is 3. The van der Waals surface area contributed by atoms with E-state index in [0.717, 1.165) is 0 Å². The maximum atomic E-state index is 10.7. The zero-order valence-electron chi connectivity index (χ0n) is 7.46. The fourth-order valence-corrected chi connectivity index (χ4v) is 0.597. The molecule has 4 nitrogen and oxygen atoms in total. The third-order valence-corrected chi connectivity index (χ3v) is 1.49. The van der Waals surface area contributed by atoms with Crippen molar-refractivity contribution < 1.29 is 14.3 Å². The van der Waals surface area contributed by atoms with E-state index in [-0.39, 0.29) is 12.2 Å². The largest absolute Gasteiger partial charge is 0.354 e. The predicted molar refractivity (Wildman–Crippen MR) is 41.1 cm³/mol. The van der Waals surface area contributed by atoms with Gasteiger partial charge in [-0.1, -0.05) is 0 Å². The molecule has 0 aliphatic carbocycles. The van der Waals surface area contributed by atoms with Gasteiger partial charge in [0.15, 0.2) is 6.29 Å². The lowest BCUT2D eigenvalue weighted by molar-refractivity contribution is -0.141. The number of nitrogens with zero attached hydrogens (tertiary/aromatic N) is 1. The number of carbonyl (C=O) groups excluding carboxylic acids is 1. The van der Waals surface area contributed by atoms with Gasteiger partial charge in [-0.2, -0.15) is 0 Å². The van der Waals surface area contributed by atoms with Crippen LogP contribution in [-0.4, -0.2) is 44.9 Å². The van der Waals surface area contributed by atoms with Gasteiger partial charge in [0.1, 0.15) is 0 Å². The van der Waals surface area contributed by atoms with Gasteiger partial charge in [0.2, 0.25) is 5.91 Å². The minimum absolute atomic E-state index is 0.00380. The van der Waals surface area contributed by atoms with Crippen LogP contribution in [0.3, 0.4) is 0 Å². The topological polar surface area (TPSA) is 38.8 Å². The quantitative estimate of drug-likeness (QED) is 0.548. The van der Waals surface area contributed by atoms with Crippen LogP contribution in [0.15, 0.2) is 0 Å². The number of carbonyl (C=O) groups is 1. The van der Waals surface area contributed by atoms with Crippen molar-refractivity contribution >= 4 is 5.91 Å². The molecule has 0 saturated heterocycles. The smallest absolute Gasteiger partial charge is 0.219 e. The molecule has 0 spiro atoms. The second-order valence-corrected chi connectivity index (χ2v) is 2.30. The first-order valence-electron chi connectivity index (χ1n) is 3.39. The SMILES string of the molecule is COC(CN(C)C(C)=O)OC. The first kappa shape index (κ1) is 10.4. The summed E-state index contributed by atoms with van der Waals surface area (Å²) in [6, 6.07) is 0. The normalized spacial score (nSPS) is 10.3. The number of methoxy groups -OCH3 is 2. The summed E-state index contributed by atoms with van der Waals surface area (Å²) in [5.41, 5.74) is 0. The first-order chi connectivity index (χ1) is 5.11. The van der Waals surface area contributed by atoms with Gasteiger partial charge < -0.3 is 14.4 Å². The van der Waals surface area contributed by atoms with Crippen LogP contribution in [-0.2, 0) is 14.3 Å². The van der Waals surface area contributed by atoms with Crippen LogP contribution in [0, 0.1) is 0 Å². The molecular weight excluding hydrogens is 146 g/mol. The van der Waals surface area contributed by atoms with Crippen molar-refractivity contribution in [3.63, 3.8) is 0 Å². The highest BCUT2D eigenvalue weighted by atomic mass is 16.7. The molecule has 0 aliphatic rings. The summed E-state index contributed by atoms with van der Waals surface area (Å²) >= 11 is 0. The molecule has 0 aliphatic heterocycles. The van der Waals surface area contributed by atoms with Gasteiger partial charge in [-0.05, 0) is 0 Å². The van der Waals surface area contributed by atoms with Crippen molar-refractivity contribution in [2.75, 3.05) is 27.8 Å². The molecule has 0 atom stereocenters. The van der Waals surface area contributed by atoms with Gasteiger partial charge in [-0.3, -0.25) is 4.79 Å². The monoisotopic (exact) mass is 161 g/mol. The van der Waals surface area contributed by atoms with E-state index in [9.17, 15) is 4.79 Å². The lowest BCUT2D eigenvalue weighted by Gasteiger charge is -2.20. The van der Waals surface area contributed by atoms with Gasteiger partial charge in [-0.15, -0.1) is 0 Å². The molecule has 0 aromatic rings. The first-order valence-corrected chi connectivity index (χ1v) is 3.39. The van der Waals surface area contributed by atoms with E-state index in [0.29, 0.717) is 6.54 Å². The summed E-state index contributed by atoms with van der Waals surface area (Å²) in [6.07, 6.45) is -0.330. The number of rotatable bonds is 4. The van der Waals surface area contributed by atoms with Crippen molar-refractivity contribution in [2.45, 2.75) is 13.2 Å². The van der Waals surface area contributed by atoms with E-state index in [2.05, 4.69) is 0 Å². The second-order valence-electron chi connectivity index (χ2n) is 2.30. The van der Waals surface area contributed by atoms with Crippen molar-refractivity contribution in [3.05, 3.63) is 0 Å². The minimum atomic E-state index is -0.330. The van der Waals surface area contributed by atoms with E-state index in [1.54, 1.807) is 21.3 Å². The van der Waals surface area contributed by atoms with Crippen LogP contribution < -0.4 is 0 Å². The molecule has 0 bridgehead atoms. The summed E-state index contributed by atoms with van der Waals surface area (Å²) in [5, 5.41) is 0. The zero-order valence-corrected chi connectivity index (χ0v) is 7.46. The van der Waals surface area contributed by atoms with Gasteiger partial charge >= 0.3 is 0 Å². The Labute approximate surface area is 67.1 Å². The van der Waals surface area contributed by atoms with Crippen LogP contribution in [0.25, 0.3) is 0 Å². The lowest BCUT2D eigenvalue weighted by atomic mass is 10.5. The van der Waals surface area contributed by atoms with Crippen molar-refractivity contribution in [1.82, 2.24) is 4.90 Å². The molecule has 0 rings (SSSR count). The molecule has 66 valence electrons. The maximum Gasteiger partial charge on any atom is 0.219 e. The fourth-order valence-electron chi connectivity index (χ4n) is 0.597. The average molecular weight is 161 g/mol. The Morgan fingerprint density at radius 1 is 1.45 bits per heavy atom. The van der Waals surface area contributed by atoms with E-state index in [1.165, 1.54) is 11.8 Å². The van der Waals surface area contributed by atoms with E-state index >= 15 is 0 Å². The summed E-state index contributed by atoms with van der Waals surface area (Å²) in [5.74, 6) is 0.00380. The fraction of sp³-hybridized carbons (Fsp3) is 0.857. The molecule has 11 heavy (non-hydrogen) atoms. The number of ether oxygens (including phenoxy) is 2. The van der Waals surface area contributed by atoms with Crippen LogP contribution >= 0.6 is 0 Å². The minimum Gasteiger partial charge on any atom is -0.354 e. The van der Waals surface area contributed by atoms with E-state index < -0.39 is 0 Å². The van der Waals surface area contributed by atoms with Crippen LogP contribution in [0.1, 0.15) is 6.92 Å². The Hall–Kier alpha value is -0.610. The molecule has 1 amide bonds. The maximum absolute atomic E-state index is 10.7. The summed E-state index contributed by atoms with van der Waals surface area (Å²) < 4.78 is 9.81. The van der Waals surface area contributed by atoms with Crippen LogP contribution in [0.5, 0.6) is 0 Å². The molecule has 0 aromatic heterocycles. The Morgan fingerprint density at radius 3 is 2.18 bits per heavy atom. The van der Waals surface area contributed by atoms with E-state index in [4.69, 9.17) is 9.47 Å². The molecule has 0 heterocycles. The Balaban J connectivity index is 3.71. The molecule has 0 fully saturated rings. The van der Waals surface area contributed by atoms with Gasteiger partial charge in [0.25, 0.3) is 0 Å². The Bertz CT molecular complexity index is 123. The van der Waals surface area contributed by atoms with Crippen LogP contribution in [0.2, 0.25) is 0 Å². The summed E-state index contributed by atoms with van der Waals surface area (Å²) in [6.45, 7) is 1.96. The zero-order chi connectivity index (χ0) is 8.85. The molecule has 0 saturated carbocycles. The third kappa shape index (κ3) is 3.95. The molecule has 0 unspecified atom stereocenters. The molecule has 0 N–H and O–H groups in total. The average Bonchev–Trinajstić information content (AvgIpc) is 1.99. The van der Waals surface area contributed by atoms with Crippen molar-refractivity contribution in [3.8, 4) is 0 Å². The lowest BCUT2D eigenvalue weighted by Crippen LogP contribution is -2.34. The number of likely N-dealkylation sites (N-methyl/N-ethyl adjacent to an activating group) is 1. The molecular formula is C7H15NO3. The highest BCUT2D eigenvalue weighted by Crippen LogP contribution is 1.94. The second kappa shape index (κ2) is 5.09. The van der Waals surface area contributed by atoms with Gasteiger partial charge in [0, 0.05) is 28.2 Å². The highest BCUT2D eigenvalue weighted by Gasteiger charge is 2.10. The number of hydrogen-bond donors (Lipinski definition) is 0. The Kier molecular flexibility index (Phi) is 4.81. The standard InChI is InChI=1S/C7H15NO3/c1-6(9)8(2)5-7(10-3)11-4/h7H,5H2,1-4H3.